The van der Waals surface area contributed by atoms with Crippen LogP contribution < -0.4 is 11.1 Å². The Kier molecular flexibility index (Phi) is 4.44. The minimum Gasteiger partial charge on any atom is -0.423 e. The van der Waals surface area contributed by atoms with Crippen LogP contribution in [0.1, 0.15) is 5.56 Å². The van der Waals surface area contributed by atoms with Gasteiger partial charge in [0.2, 0.25) is 18.2 Å². The fourth-order valence-corrected chi connectivity index (χ4v) is 1.67. The van der Waals surface area contributed by atoms with E-state index in [2.05, 4.69) is 15.5 Å². The molecule has 7 nitrogen and oxygen atoms in total. The molecule has 1 aromatic carbocycles. The van der Waals surface area contributed by atoms with E-state index in [-0.39, 0.29) is 12.5 Å². The number of aryl methyl sites for hydroxylation is 1. The normalized spacial score (nSPS) is 12.2. The molecular formula is C13H16N4O3. The van der Waals surface area contributed by atoms with Gasteiger partial charge in [-0.25, -0.2) is 0 Å². The zero-order chi connectivity index (χ0) is 14.5. The average Bonchev–Trinajstić information content (AvgIpc) is 2.95. The summed E-state index contributed by atoms with van der Waals surface area (Å²) in [7, 11) is 1.49. The molecule has 0 bridgehead atoms. The molecule has 0 spiro atoms. The number of ether oxygens (including phenoxy) is 1. The van der Waals surface area contributed by atoms with Crippen LogP contribution in [-0.4, -0.2) is 35.9 Å². The van der Waals surface area contributed by atoms with Crippen molar-refractivity contribution in [2.45, 2.75) is 13.0 Å². The minimum absolute atomic E-state index is 0.161. The highest BCUT2D eigenvalue weighted by molar-refractivity contribution is 5.95. The van der Waals surface area contributed by atoms with Crippen LogP contribution in [0.4, 0.5) is 5.69 Å². The first kappa shape index (κ1) is 14.2. The Morgan fingerprint density at radius 3 is 3.00 bits per heavy atom. The molecule has 2 rings (SSSR count). The first-order chi connectivity index (χ1) is 9.61. The van der Waals surface area contributed by atoms with E-state index in [0.29, 0.717) is 11.6 Å². The van der Waals surface area contributed by atoms with Crippen LogP contribution in [0.15, 0.2) is 29.0 Å². The smallest absolute Gasteiger partial charge is 0.247 e. The van der Waals surface area contributed by atoms with Gasteiger partial charge in [0.1, 0.15) is 6.04 Å². The molecule has 0 aliphatic rings. The summed E-state index contributed by atoms with van der Waals surface area (Å²) in [5, 5.41) is 10.2. The van der Waals surface area contributed by atoms with E-state index in [9.17, 15) is 4.79 Å². The fourth-order valence-electron chi connectivity index (χ4n) is 1.67. The van der Waals surface area contributed by atoms with Gasteiger partial charge in [0.15, 0.2) is 0 Å². The lowest BCUT2D eigenvalue weighted by atomic mass is 10.1. The molecule has 1 aromatic heterocycles. The summed E-state index contributed by atoms with van der Waals surface area (Å²) >= 11 is 0. The molecule has 7 heteroatoms. The standard InChI is InChI=1S/C13H16N4O3/c1-8-3-4-9(13-17-15-7-20-13)5-11(8)16-12(18)10(14)6-19-2/h3-5,7,10H,6,14H2,1-2H3,(H,16,18). The van der Waals surface area contributed by atoms with Crippen molar-refractivity contribution < 1.29 is 13.9 Å². The fraction of sp³-hybridized carbons (Fsp3) is 0.308. The van der Waals surface area contributed by atoms with Gasteiger partial charge >= 0.3 is 0 Å². The number of nitrogens with one attached hydrogen (secondary N) is 1. The molecule has 3 N–H and O–H groups in total. The summed E-state index contributed by atoms with van der Waals surface area (Å²) in [6.45, 7) is 2.04. The summed E-state index contributed by atoms with van der Waals surface area (Å²) in [6, 6.07) is 4.75. The highest BCUT2D eigenvalue weighted by atomic mass is 16.5. The molecule has 0 saturated heterocycles. The molecule has 1 heterocycles. The van der Waals surface area contributed by atoms with E-state index < -0.39 is 6.04 Å². The molecule has 1 amide bonds. The zero-order valence-electron chi connectivity index (χ0n) is 11.3. The Labute approximate surface area is 116 Å². The molecule has 0 saturated carbocycles. The molecule has 1 unspecified atom stereocenters. The first-order valence-electron chi connectivity index (χ1n) is 6.04. The lowest BCUT2D eigenvalue weighted by molar-refractivity contribution is -0.118. The van der Waals surface area contributed by atoms with Crippen molar-refractivity contribution in [1.29, 1.82) is 0 Å². The van der Waals surface area contributed by atoms with E-state index in [1.807, 2.05) is 19.1 Å². The van der Waals surface area contributed by atoms with Gasteiger partial charge < -0.3 is 20.2 Å². The molecule has 0 radical (unpaired) electrons. The van der Waals surface area contributed by atoms with Gasteiger partial charge in [-0.15, -0.1) is 10.2 Å². The van der Waals surface area contributed by atoms with Crippen LogP contribution in [0.25, 0.3) is 11.5 Å². The number of benzene rings is 1. The summed E-state index contributed by atoms with van der Waals surface area (Å²) in [6.07, 6.45) is 1.25. The number of nitrogens with zero attached hydrogens (tertiary/aromatic N) is 2. The maximum atomic E-state index is 11.9. The lowest BCUT2D eigenvalue weighted by Gasteiger charge is -2.13. The van der Waals surface area contributed by atoms with E-state index in [1.165, 1.54) is 13.5 Å². The van der Waals surface area contributed by atoms with E-state index in [4.69, 9.17) is 14.9 Å². The molecule has 0 fully saturated rings. The summed E-state index contributed by atoms with van der Waals surface area (Å²) < 4.78 is 9.98. The number of carbonyl (C=O) groups excluding carboxylic acids is 1. The van der Waals surface area contributed by atoms with E-state index in [1.54, 1.807) is 6.07 Å². The predicted octanol–water partition coefficient (Wildman–Crippen LogP) is 0.957. The van der Waals surface area contributed by atoms with Crippen molar-refractivity contribution in [2.75, 3.05) is 19.0 Å². The van der Waals surface area contributed by atoms with Crippen molar-refractivity contribution in [1.82, 2.24) is 10.2 Å². The number of hydrogen-bond donors (Lipinski definition) is 2. The van der Waals surface area contributed by atoms with E-state index in [0.717, 1.165) is 11.1 Å². The molecule has 20 heavy (non-hydrogen) atoms. The van der Waals surface area contributed by atoms with Crippen molar-refractivity contribution in [2.24, 2.45) is 5.73 Å². The van der Waals surface area contributed by atoms with Crippen LogP contribution in [0.3, 0.4) is 0 Å². The number of methoxy groups -OCH3 is 1. The van der Waals surface area contributed by atoms with Crippen LogP contribution in [-0.2, 0) is 9.53 Å². The van der Waals surface area contributed by atoms with Gasteiger partial charge in [-0.3, -0.25) is 4.79 Å². The quantitative estimate of drug-likeness (QED) is 0.843. The third kappa shape index (κ3) is 3.19. The van der Waals surface area contributed by atoms with Gasteiger partial charge in [0, 0.05) is 18.4 Å². The topological polar surface area (TPSA) is 103 Å². The second-order valence-corrected chi connectivity index (χ2v) is 4.32. The van der Waals surface area contributed by atoms with Gasteiger partial charge in [0.25, 0.3) is 0 Å². The predicted molar refractivity (Wildman–Crippen MR) is 73.0 cm³/mol. The van der Waals surface area contributed by atoms with Crippen molar-refractivity contribution in [3.05, 3.63) is 30.2 Å². The molecular weight excluding hydrogens is 260 g/mol. The van der Waals surface area contributed by atoms with Crippen molar-refractivity contribution in [3.8, 4) is 11.5 Å². The van der Waals surface area contributed by atoms with Crippen molar-refractivity contribution in [3.63, 3.8) is 0 Å². The number of aromatic nitrogens is 2. The van der Waals surface area contributed by atoms with Gasteiger partial charge in [-0.2, -0.15) is 0 Å². The molecule has 0 aliphatic carbocycles. The molecule has 2 aromatic rings. The molecule has 1 atom stereocenters. The summed E-state index contributed by atoms with van der Waals surface area (Å²) in [5.74, 6) is 0.0827. The summed E-state index contributed by atoms with van der Waals surface area (Å²) in [4.78, 5) is 11.9. The number of hydrogen-bond acceptors (Lipinski definition) is 6. The zero-order valence-corrected chi connectivity index (χ0v) is 11.3. The van der Waals surface area contributed by atoms with Crippen molar-refractivity contribution >= 4 is 11.6 Å². The van der Waals surface area contributed by atoms with Gasteiger partial charge in [-0.05, 0) is 24.6 Å². The third-order valence-corrected chi connectivity index (χ3v) is 2.79. The maximum Gasteiger partial charge on any atom is 0.247 e. The first-order valence-corrected chi connectivity index (χ1v) is 6.04. The lowest BCUT2D eigenvalue weighted by Crippen LogP contribution is -2.39. The van der Waals surface area contributed by atoms with Crippen LogP contribution in [0, 0.1) is 6.92 Å². The SMILES string of the molecule is COCC(N)C(=O)Nc1cc(-c2nnco2)ccc1C. The number of carbonyl (C=O) groups is 1. The average molecular weight is 276 g/mol. The number of rotatable bonds is 5. The van der Waals surface area contributed by atoms with Crippen LogP contribution >= 0.6 is 0 Å². The van der Waals surface area contributed by atoms with Gasteiger partial charge in [0.05, 0.1) is 6.61 Å². The second kappa shape index (κ2) is 6.27. The Hall–Kier alpha value is -2.25. The molecule has 106 valence electrons. The van der Waals surface area contributed by atoms with E-state index >= 15 is 0 Å². The number of amides is 1. The maximum absolute atomic E-state index is 11.9. The Morgan fingerprint density at radius 2 is 2.35 bits per heavy atom. The number of anilines is 1. The highest BCUT2D eigenvalue weighted by Gasteiger charge is 2.15. The monoisotopic (exact) mass is 276 g/mol. The Bertz CT molecular complexity index is 583. The van der Waals surface area contributed by atoms with Gasteiger partial charge in [-0.1, -0.05) is 6.07 Å². The Balaban J connectivity index is 2.19. The minimum atomic E-state index is -0.716. The third-order valence-electron chi connectivity index (χ3n) is 2.79. The highest BCUT2D eigenvalue weighted by Crippen LogP contribution is 2.23. The summed E-state index contributed by atoms with van der Waals surface area (Å²) in [5.41, 5.74) is 7.96. The Morgan fingerprint density at radius 1 is 1.55 bits per heavy atom. The van der Waals surface area contributed by atoms with Crippen LogP contribution in [0.5, 0.6) is 0 Å². The number of nitrogens with two attached hydrogens (primary N) is 1. The second-order valence-electron chi connectivity index (χ2n) is 4.32. The molecule has 0 aliphatic heterocycles. The van der Waals surface area contributed by atoms with Crippen LogP contribution in [0.2, 0.25) is 0 Å². The largest absolute Gasteiger partial charge is 0.423 e.